The summed E-state index contributed by atoms with van der Waals surface area (Å²) in [5, 5.41) is 4.34. The molecule has 0 radical (unpaired) electrons. The van der Waals surface area contributed by atoms with E-state index in [1.165, 1.54) is 11.1 Å². The van der Waals surface area contributed by atoms with E-state index in [0.717, 1.165) is 17.6 Å². The van der Waals surface area contributed by atoms with Crippen LogP contribution in [0.15, 0.2) is 41.1 Å². The van der Waals surface area contributed by atoms with Crippen LogP contribution in [-0.4, -0.2) is 28.3 Å². The average Bonchev–Trinajstić information content (AvgIpc) is 2.91. The molecule has 20 heavy (non-hydrogen) atoms. The number of benzene rings is 1. The summed E-state index contributed by atoms with van der Waals surface area (Å²) in [5.41, 5.74) is 8.39. The lowest BCUT2D eigenvalue weighted by atomic mass is 10.1. The van der Waals surface area contributed by atoms with E-state index < -0.39 is 0 Å². The van der Waals surface area contributed by atoms with E-state index in [-0.39, 0.29) is 6.04 Å². The highest BCUT2D eigenvalue weighted by Gasteiger charge is 2.18. The van der Waals surface area contributed by atoms with Crippen molar-refractivity contribution in [2.75, 3.05) is 13.6 Å². The molecule has 1 atom stereocenters. The standard InChI is InChI=1S/C15H21BrN4/c1-3-20-11-13(9-18-20)15(8-17)19(2)10-12-6-4-5-7-14(12)16/h4-7,9,11,15H,3,8,10,17H2,1-2H3. The van der Waals surface area contributed by atoms with Crippen molar-refractivity contribution in [3.05, 3.63) is 52.3 Å². The summed E-state index contributed by atoms with van der Waals surface area (Å²) in [6.45, 7) is 4.39. The van der Waals surface area contributed by atoms with Crippen molar-refractivity contribution >= 4 is 15.9 Å². The first-order valence-corrected chi connectivity index (χ1v) is 7.61. The lowest BCUT2D eigenvalue weighted by Crippen LogP contribution is -2.30. The number of rotatable bonds is 6. The molecule has 1 aromatic carbocycles. The molecule has 108 valence electrons. The zero-order valence-corrected chi connectivity index (χ0v) is 13.5. The average molecular weight is 337 g/mol. The third-order valence-corrected chi connectivity index (χ3v) is 4.27. The Labute approximate surface area is 128 Å². The van der Waals surface area contributed by atoms with Crippen LogP contribution in [0.3, 0.4) is 0 Å². The lowest BCUT2D eigenvalue weighted by molar-refractivity contribution is 0.241. The van der Waals surface area contributed by atoms with Gasteiger partial charge < -0.3 is 5.73 Å². The number of hydrogen-bond donors (Lipinski definition) is 1. The van der Waals surface area contributed by atoms with E-state index in [9.17, 15) is 0 Å². The summed E-state index contributed by atoms with van der Waals surface area (Å²) in [6.07, 6.45) is 3.99. The Morgan fingerprint density at radius 1 is 1.40 bits per heavy atom. The van der Waals surface area contributed by atoms with Gasteiger partial charge >= 0.3 is 0 Å². The molecule has 1 unspecified atom stereocenters. The molecular weight excluding hydrogens is 316 g/mol. The Bertz CT molecular complexity index is 552. The summed E-state index contributed by atoms with van der Waals surface area (Å²) in [4.78, 5) is 2.26. The Morgan fingerprint density at radius 3 is 2.75 bits per heavy atom. The minimum Gasteiger partial charge on any atom is -0.329 e. The summed E-state index contributed by atoms with van der Waals surface area (Å²) in [7, 11) is 2.10. The van der Waals surface area contributed by atoms with Gasteiger partial charge in [0.25, 0.3) is 0 Å². The molecule has 2 rings (SSSR count). The predicted octanol–water partition coefficient (Wildman–Crippen LogP) is 2.80. The molecule has 1 heterocycles. The summed E-state index contributed by atoms with van der Waals surface area (Å²) in [5.74, 6) is 0. The minimum absolute atomic E-state index is 0.183. The molecule has 4 nitrogen and oxygen atoms in total. The molecule has 5 heteroatoms. The fourth-order valence-corrected chi connectivity index (χ4v) is 2.71. The highest BCUT2D eigenvalue weighted by Crippen LogP contribution is 2.23. The van der Waals surface area contributed by atoms with Crippen molar-refractivity contribution in [2.24, 2.45) is 5.73 Å². The molecule has 0 fully saturated rings. The van der Waals surface area contributed by atoms with Gasteiger partial charge in [-0.3, -0.25) is 9.58 Å². The van der Waals surface area contributed by atoms with Crippen LogP contribution in [0.25, 0.3) is 0 Å². The molecule has 0 bridgehead atoms. The molecule has 1 aromatic heterocycles. The van der Waals surface area contributed by atoms with Crippen LogP contribution in [0.1, 0.15) is 24.1 Å². The third kappa shape index (κ3) is 3.48. The van der Waals surface area contributed by atoms with Crippen LogP contribution in [-0.2, 0) is 13.1 Å². The van der Waals surface area contributed by atoms with Crippen LogP contribution < -0.4 is 5.73 Å². The second kappa shape index (κ2) is 7.02. The van der Waals surface area contributed by atoms with Gasteiger partial charge in [0.15, 0.2) is 0 Å². The third-order valence-electron chi connectivity index (χ3n) is 3.49. The van der Waals surface area contributed by atoms with Crippen LogP contribution in [0.5, 0.6) is 0 Å². The van der Waals surface area contributed by atoms with Gasteiger partial charge in [-0.1, -0.05) is 34.1 Å². The van der Waals surface area contributed by atoms with E-state index in [4.69, 9.17) is 5.73 Å². The molecule has 0 aliphatic carbocycles. The lowest BCUT2D eigenvalue weighted by Gasteiger charge is -2.26. The Hall–Kier alpha value is -1.17. The van der Waals surface area contributed by atoms with Crippen LogP contribution >= 0.6 is 15.9 Å². The Morgan fingerprint density at radius 2 is 2.15 bits per heavy atom. The highest BCUT2D eigenvalue weighted by atomic mass is 79.9. The van der Waals surface area contributed by atoms with Crippen molar-refractivity contribution in [1.82, 2.24) is 14.7 Å². The first-order valence-electron chi connectivity index (χ1n) is 6.81. The maximum atomic E-state index is 5.96. The van der Waals surface area contributed by atoms with Crippen molar-refractivity contribution in [3.63, 3.8) is 0 Å². The van der Waals surface area contributed by atoms with Gasteiger partial charge in [0.05, 0.1) is 12.2 Å². The summed E-state index contributed by atoms with van der Waals surface area (Å²) < 4.78 is 3.07. The number of nitrogens with two attached hydrogens (primary N) is 1. The fourth-order valence-electron chi connectivity index (χ4n) is 2.30. The molecule has 0 aliphatic rings. The van der Waals surface area contributed by atoms with Gasteiger partial charge in [0.1, 0.15) is 0 Å². The van der Waals surface area contributed by atoms with E-state index in [0.29, 0.717) is 6.54 Å². The summed E-state index contributed by atoms with van der Waals surface area (Å²) >= 11 is 3.59. The topological polar surface area (TPSA) is 47.1 Å². The number of halogens is 1. The van der Waals surface area contributed by atoms with E-state index in [1.807, 2.05) is 16.9 Å². The monoisotopic (exact) mass is 336 g/mol. The van der Waals surface area contributed by atoms with Crippen molar-refractivity contribution in [3.8, 4) is 0 Å². The maximum absolute atomic E-state index is 5.96. The number of likely N-dealkylation sites (N-methyl/N-ethyl adjacent to an activating group) is 1. The van der Waals surface area contributed by atoms with Gasteiger partial charge in [0, 0.05) is 35.9 Å². The molecule has 0 saturated heterocycles. The van der Waals surface area contributed by atoms with Crippen molar-refractivity contribution < 1.29 is 0 Å². The van der Waals surface area contributed by atoms with Gasteiger partial charge in [0.2, 0.25) is 0 Å². The second-order valence-corrected chi connectivity index (χ2v) is 5.74. The SMILES string of the molecule is CCn1cc(C(CN)N(C)Cc2ccccc2Br)cn1. The smallest absolute Gasteiger partial charge is 0.0538 e. The predicted molar refractivity (Wildman–Crippen MR) is 85.3 cm³/mol. The molecule has 0 aliphatic heterocycles. The summed E-state index contributed by atoms with van der Waals surface area (Å²) in [6, 6.07) is 8.46. The molecule has 0 amide bonds. The molecular formula is C15H21BrN4. The van der Waals surface area contributed by atoms with Crippen LogP contribution in [0.2, 0.25) is 0 Å². The largest absolute Gasteiger partial charge is 0.329 e. The number of aryl methyl sites for hydroxylation is 1. The van der Waals surface area contributed by atoms with Gasteiger partial charge in [-0.15, -0.1) is 0 Å². The van der Waals surface area contributed by atoms with Crippen molar-refractivity contribution in [2.45, 2.75) is 26.1 Å². The molecule has 2 N–H and O–H groups in total. The maximum Gasteiger partial charge on any atom is 0.0538 e. The second-order valence-electron chi connectivity index (χ2n) is 4.89. The highest BCUT2D eigenvalue weighted by molar-refractivity contribution is 9.10. The molecule has 0 spiro atoms. The normalized spacial score (nSPS) is 12.8. The first-order chi connectivity index (χ1) is 9.65. The zero-order valence-electron chi connectivity index (χ0n) is 12.0. The van der Waals surface area contributed by atoms with Crippen molar-refractivity contribution in [1.29, 1.82) is 0 Å². The van der Waals surface area contributed by atoms with E-state index in [2.05, 4.69) is 64.3 Å². The molecule has 2 aromatic rings. The fraction of sp³-hybridized carbons (Fsp3) is 0.400. The Kier molecular flexibility index (Phi) is 5.34. The van der Waals surface area contributed by atoms with Crippen LogP contribution in [0, 0.1) is 0 Å². The Balaban J connectivity index is 2.13. The number of hydrogen-bond acceptors (Lipinski definition) is 3. The van der Waals surface area contributed by atoms with Gasteiger partial charge in [-0.2, -0.15) is 5.10 Å². The number of aromatic nitrogens is 2. The molecule has 0 saturated carbocycles. The van der Waals surface area contributed by atoms with Crippen LogP contribution in [0.4, 0.5) is 0 Å². The van der Waals surface area contributed by atoms with Gasteiger partial charge in [-0.05, 0) is 25.6 Å². The van der Waals surface area contributed by atoms with E-state index >= 15 is 0 Å². The first kappa shape index (κ1) is 15.2. The zero-order chi connectivity index (χ0) is 14.5. The van der Waals surface area contributed by atoms with Gasteiger partial charge in [-0.25, -0.2) is 0 Å². The van der Waals surface area contributed by atoms with E-state index in [1.54, 1.807) is 0 Å². The quantitative estimate of drug-likeness (QED) is 0.882. The number of nitrogens with zero attached hydrogens (tertiary/aromatic N) is 3. The minimum atomic E-state index is 0.183.